The van der Waals surface area contributed by atoms with E-state index in [0.29, 0.717) is 0 Å². The maximum atomic E-state index is 2.52. The van der Waals surface area contributed by atoms with Crippen molar-refractivity contribution in [1.29, 1.82) is 0 Å². The molecule has 0 N–H and O–H groups in total. The van der Waals surface area contributed by atoms with Crippen molar-refractivity contribution in [3.63, 3.8) is 0 Å². The minimum atomic E-state index is 1.17. The van der Waals surface area contributed by atoms with Gasteiger partial charge in [0.25, 0.3) is 0 Å². The van der Waals surface area contributed by atoms with Gasteiger partial charge >= 0.3 is 0 Å². The molecule has 0 spiro atoms. The molecule has 0 aliphatic heterocycles. The Bertz CT molecular complexity index is 7960. The molecule has 488 valence electrons. The number of hydrogen-bond donors (Lipinski definition) is 0. The molecular formula is C104H62N2. The van der Waals surface area contributed by atoms with Crippen LogP contribution >= 0.6 is 0 Å². The van der Waals surface area contributed by atoms with Crippen molar-refractivity contribution in [3.8, 4) is 33.6 Å². The molecule has 0 fully saturated rings. The highest BCUT2D eigenvalue weighted by molar-refractivity contribution is 6.40. The average Bonchev–Trinajstić information content (AvgIpc) is 1.46. The van der Waals surface area contributed by atoms with Gasteiger partial charge in [-0.25, -0.2) is 0 Å². The van der Waals surface area contributed by atoms with Gasteiger partial charge in [0, 0.05) is 54.5 Å². The summed E-state index contributed by atoms with van der Waals surface area (Å²) in [5.41, 5.74) is 12.3. The zero-order chi connectivity index (χ0) is 69.2. The molecule has 24 aromatic rings. The van der Waals surface area contributed by atoms with Gasteiger partial charge in [-0.05, 0) is 212 Å². The van der Waals surface area contributed by atoms with Crippen LogP contribution in [0.1, 0.15) is 0 Å². The Hall–Kier alpha value is -13.9. The van der Waals surface area contributed by atoms with Crippen molar-refractivity contribution >= 4 is 194 Å². The summed E-state index contributed by atoms with van der Waals surface area (Å²) in [5.74, 6) is 0. The standard InChI is InChI=1S/2C52H31N/c1-3-13-38-32(11-1)21-23-34-29-35(25-27-40(34)38)47-31-48-43-16-6-8-18-45(43)52-51(50(48)44-17-7-5-15-42(44)47)46-19-9-10-20-49(46)53(52)37-26-28-41-36(30-37)24-22-33-12-2-4-14-39(33)41;1-3-13-38-32(11-1)21-23-34-25-26-36(29-45(34)38)47-31-48-41-16-6-8-18-43(41)52-51(50(48)42-17-7-5-15-40(42)47)44-19-9-10-20-49(44)53(52)37-28-27-35-24-22-33-12-2-4-14-39(33)46(35)30-37/h2*1-31H. The summed E-state index contributed by atoms with van der Waals surface area (Å²) in [7, 11) is 0. The Labute approximate surface area is 609 Å². The maximum absolute atomic E-state index is 2.52. The van der Waals surface area contributed by atoms with Gasteiger partial charge in [-0.1, -0.05) is 315 Å². The summed E-state index contributed by atoms with van der Waals surface area (Å²) in [5, 5.41) is 40.9. The van der Waals surface area contributed by atoms with Crippen molar-refractivity contribution in [1.82, 2.24) is 9.13 Å². The van der Waals surface area contributed by atoms with Crippen molar-refractivity contribution in [2.45, 2.75) is 0 Å². The number of rotatable bonds is 4. The normalized spacial score (nSPS) is 12.2. The van der Waals surface area contributed by atoms with Crippen LogP contribution in [-0.4, -0.2) is 9.13 Å². The fraction of sp³-hybridized carbons (Fsp3) is 0. The van der Waals surface area contributed by atoms with Crippen LogP contribution in [0.3, 0.4) is 0 Å². The number of para-hydroxylation sites is 2. The third-order valence-corrected chi connectivity index (χ3v) is 23.4. The molecule has 22 aromatic carbocycles. The fourth-order valence-corrected chi connectivity index (χ4v) is 18.7. The largest absolute Gasteiger partial charge is 0.309 e. The van der Waals surface area contributed by atoms with Gasteiger partial charge in [-0.15, -0.1) is 0 Å². The van der Waals surface area contributed by atoms with E-state index in [-0.39, 0.29) is 0 Å². The third kappa shape index (κ3) is 8.61. The summed E-state index contributed by atoms with van der Waals surface area (Å²) >= 11 is 0. The van der Waals surface area contributed by atoms with Crippen molar-refractivity contribution < 1.29 is 0 Å². The highest BCUT2D eigenvalue weighted by Gasteiger charge is 2.25. The van der Waals surface area contributed by atoms with Gasteiger partial charge in [0.2, 0.25) is 0 Å². The van der Waals surface area contributed by atoms with Crippen LogP contribution in [0.25, 0.3) is 228 Å². The topological polar surface area (TPSA) is 9.86 Å². The van der Waals surface area contributed by atoms with E-state index in [1.54, 1.807) is 0 Å². The predicted molar refractivity (Wildman–Crippen MR) is 458 cm³/mol. The lowest BCUT2D eigenvalue weighted by atomic mass is 9.87. The van der Waals surface area contributed by atoms with Crippen molar-refractivity contribution in [2.24, 2.45) is 0 Å². The smallest absolute Gasteiger partial charge is 0.0626 e. The summed E-state index contributed by atoms with van der Waals surface area (Å²) in [4.78, 5) is 0. The van der Waals surface area contributed by atoms with Crippen LogP contribution in [-0.2, 0) is 0 Å². The molecule has 0 unspecified atom stereocenters. The maximum Gasteiger partial charge on any atom is 0.0626 e. The summed E-state index contributed by atoms with van der Waals surface area (Å²) in [6.07, 6.45) is 0. The predicted octanol–water partition coefficient (Wildman–Crippen LogP) is 29.0. The van der Waals surface area contributed by atoms with Gasteiger partial charge in [-0.3, -0.25) is 0 Å². The number of nitrogens with zero attached hydrogens (tertiary/aromatic N) is 2. The number of aromatic nitrogens is 2. The minimum absolute atomic E-state index is 1.17. The van der Waals surface area contributed by atoms with Crippen LogP contribution in [0.4, 0.5) is 0 Å². The lowest BCUT2D eigenvalue weighted by Crippen LogP contribution is -1.95. The van der Waals surface area contributed by atoms with Gasteiger partial charge in [0.05, 0.1) is 22.1 Å². The molecule has 24 rings (SSSR count). The van der Waals surface area contributed by atoms with Gasteiger partial charge in [0.1, 0.15) is 0 Å². The summed E-state index contributed by atoms with van der Waals surface area (Å²) in [6, 6.07) is 140. The molecule has 2 heteroatoms. The molecule has 2 heterocycles. The molecule has 106 heavy (non-hydrogen) atoms. The Morgan fingerprint density at radius 3 is 0.915 bits per heavy atom. The SMILES string of the molecule is c1ccc2c(c1)ccc1cc(-c3cc4c5ccccc5c5c(c6ccccc6n5-c5ccc6c(ccc7ccccc76)c5)c4c4ccccc34)ccc12.c1ccc2c(c1)ccc1ccc(-c3cc4c5ccccc5c5c(c6ccccc6n5-c5ccc6ccc7ccccc7c6c5)c4c4ccccc34)cc12. The van der Waals surface area contributed by atoms with Gasteiger partial charge in [-0.2, -0.15) is 0 Å². The Kier molecular flexibility index (Phi) is 12.6. The Balaban J connectivity index is 0.000000129. The van der Waals surface area contributed by atoms with E-state index in [2.05, 4.69) is 385 Å². The molecule has 0 saturated carbocycles. The van der Waals surface area contributed by atoms with E-state index in [9.17, 15) is 0 Å². The van der Waals surface area contributed by atoms with Crippen molar-refractivity contribution in [3.05, 3.63) is 376 Å². The van der Waals surface area contributed by atoms with E-state index in [0.717, 1.165) is 0 Å². The highest BCUT2D eigenvalue weighted by atomic mass is 15.0. The second-order valence-electron chi connectivity index (χ2n) is 28.9. The van der Waals surface area contributed by atoms with Gasteiger partial charge in [0.15, 0.2) is 0 Å². The second-order valence-corrected chi connectivity index (χ2v) is 28.9. The lowest BCUT2D eigenvalue weighted by Gasteiger charge is -2.17. The van der Waals surface area contributed by atoms with E-state index < -0.39 is 0 Å². The molecule has 0 radical (unpaired) electrons. The number of fused-ring (bicyclic) bond motifs is 32. The number of benzene rings is 22. The van der Waals surface area contributed by atoms with Crippen LogP contribution in [0.2, 0.25) is 0 Å². The Morgan fingerprint density at radius 2 is 0.434 bits per heavy atom. The minimum Gasteiger partial charge on any atom is -0.309 e. The molecule has 0 bridgehead atoms. The fourth-order valence-electron chi connectivity index (χ4n) is 18.7. The van der Waals surface area contributed by atoms with E-state index in [1.165, 1.54) is 228 Å². The molecule has 0 saturated heterocycles. The van der Waals surface area contributed by atoms with Crippen molar-refractivity contribution in [2.75, 3.05) is 0 Å². The van der Waals surface area contributed by atoms with Crippen LogP contribution in [0.5, 0.6) is 0 Å². The zero-order valence-electron chi connectivity index (χ0n) is 57.7. The lowest BCUT2D eigenvalue weighted by molar-refractivity contribution is 1.19. The summed E-state index contributed by atoms with van der Waals surface area (Å²) < 4.78 is 5.03. The monoisotopic (exact) mass is 1340 g/mol. The average molecular weight is 1340 g/mol. The molecule has 0 amide bonds. The second kappa shape index (κ2) is 22.8. The third-order valence-electron chi connectivity index (χ3n) is 23.4. The molecule has 2 aromatic heterocycles. The Morgan fingerprint density at radius 1 is 0.142 bits per heavy atom. The molecular weight excluding hydrogens is 1280 g/mol. The number of hydrogen-bond acceptors (Lipinski definition) is 0. The van der Waals surface area contributed by atoms with E-state index >= 15 is 0 Å². The molecule has 0 aliphatic rings. The quantitative estimate of drug-likeness (QED) is 0.155. The first kappa shape index (κ1) is 58.7. The van der Waals surface area contributed by atoms with E-state index in [4.69, 9.17) is 0 Å². The summed E-state index contributed by atoms with van der Waals surface area (Å²) in [6.45, 7) is 0. The zero-order valence-corrected chi connectivity index (χ0v) is 57.7. The first-order valence-electron chi connectivity index (χ1n) is 36.9. The first-order valence-corrected chi connectivity index (χ1v) is 36.9. The first-order chi connectivity index (χ1) is 52.6. The van der Waals surface area contributed by atoms with E-state index in [1.807, 2.05) is 0 Å². The molecule has 2 nitrogen and oxygen atoms in total. The highest BCUT2D eigenvalue weighted by Crippen LogP contribution is 2.51. The van der Waals surface area contributed by atoms with Gasteiger partial charge < -0.3 is 9.13 Å². The molecule has 0 atom stereocenters. The van der Waals surface area contributed by atoms with Crippen LogP contribution in [0, 0.1) is 0 Å². The van der Waals surface area contributed by atoms with Crippen LogP contribution < -0.4 is 0 Å². The molecule has 0 aliphatic carbocycles. The van der Waals surface area contributed by atoms with Crippen LogP contribution in [0.15, 0.2) is 376 Å².